The summed E-state index contributed by atoms with van der Waals surface area (Å²) in [7, 11) is 0. The van der Waals surface area contributed by atoms with Gasteiger partial charge in [0.1, 0.15) is 0 Å². The number of nitrogens with zero attached hydrogens (tertiary/aromatic N) is 2. The van der Waals surface area contributed by atoms with Crippen LogP contribution in [0.25, 0.3) is 0 Å². The van der Waals surface area contributed by atoms with E-state index in [-0.39, 0.29) is 6.04 Å². The molecule has 0 aromatic carbocycles. The summed E-state index contributed by atoms with van der Waals surface area (Å²) in [5.41, 5.74) is 7.32. The minimum atomic E-state index is 0.117. The Balaban J connectivity index is 2.71. The third kappa shape index (κ3) is 3.67. The fourth-order valence-corrected chi connectivity index (χ4v) is 1.81. The molecule has 1 atom stereocenters. The zero-order chi connectivity index (χ0) is 11.4. The fourth-order valence-electron chi connectivity index (χ4n) is 1.81. The normalized spacial score (nSPS) is 13.8. The molecular formula is C12H23N3. The number of nitrogens with two attached hydrogens (primary N) is 1. The Kier molecular flexibility index (Phi) is 4.33. The predicted molar refractivity (Wildman–Crippen MR) is 63.4 cm³/mol. The highest BCUT2D eigenvalue weighted by atomic mass is 15.1. The smallest absolute Gasteiger partial charge is 0.0948 e. The van der Waals surface area contributed by atoms with Crippen LogP contribution in [0.1, 0.15) is 45.9 Å². The first kappa shape index (κ1) is 12.2. The minimum Gasteiger partial charge on any atom is -0.333 e. The molecule has 0 fully saturated rings. The molecule has 0 radical (unpaired) electrons. The Morgan fingerprint density at radius 3 is 2.47 bits per heavy atom. The first-order valence-electron chi connectivity index (χ1n) is 5.76. The van der Waals surface area contributed by atoms with E-state index in [1.165, 1.54) is 0 Å². The van der Waals surface area contributed by atoms with Crippen molar-refractivity contribution in [1.82, 2.24) is 9.55 Å². The van der Waals surface area contributed by atoms with Crippen LogP contribution in [0, 0.1) is 11.8 Å². The summed E-state index contributed by atoms with van der Waals surface area (Å²) in [5.74, 6) is 1.26. The van der Waals surface area contributed by atoms with E-state index in [2.05, 4.69) is 37.2 Å². The minimum absolute atomic E-state index is 0.117. The fraction of sp³-hybridized carbons (Fsp3) is 0.750. The van der Waals surface area contributed by atoms with Crippen LogP contribution in [-0.4, -0.2) is 9.55 Å². The molecule has 1 aromatic heterocycles. The highest BCUT2D eigenvalue weighted by molar-refractivity contribution is 5.04. The van der Waals surface area contributed by atoms with Crippen LogP contribution in [0.15, 0.2) is 12.5 Å². The van der Waals surface area contributed by atoms with Gasteiger partial charge in [-0.05, 0) is 18.3 Å². The summed E-state index contributed by atoms with van der Waals surface area (Å²) in [6.45, 7) is 9.81. The van der Waals surface area contributed by atoms with Crippen molar-refractivity contribution in [2.24, 2.45) is 17.6 Å². The third-order valence-electron chi connectivity index (χ3n) is 2.41. The summed E-state index contributed by atoms with van der Waals surface area (Å²) in [4.78, 5) is 4.19. The molecule has 1 unspecified atom stereocenters. The molecule has 3 heteroatoms. The van der Waals surface area contributed by atoms with E-state index in [4.69, 9.17) is 5.73 Å². The largest absolute Gasteiger partial charge is 0.333 e. The Hall–Kier alpha value is -0.830. The molecule has 86 valence electrons. The van der Waals surface area contributed by atoms with Crippen LogP contribution >= 0.6 is 0 Å². The van der Waals surface area contributed by atoms with Gasteiger partial charge >= 0.3 is 0 Å². The van der Waals surface area contributed by atoms with E-state index in [1.807, 2.05) is 12.5 Å². The molecule has 0 aliphatic carbocycles. The summed E-state index contributed by atoms with van der Waals surface area (Å²) in [6, 6.07) is 0.117. The number of hydrogen-bond acceptors (Lipinski definition) is 2. The molecule has 0 amide bonds. The van der Waals surface area contributed by atoms with Gasteiger partial charge in [-0.2, -0.15) is 0 Å². The van der Waals surface area contributed by atoms with Gasteiger partial charge in [-0.3, -0.25) is 0 Å². The van der Waals surface area contributed by atoms with Gasteiger partial charge in [0.2, 0.25) is 0 Å². The molecule has 0 spiro atoms. The Morgan fingerprint density at radius 2 is 1.93 bits per heavy atom. The van der Waals surface area contributed by atoms with E-state index in [9.17, 15) is 0 Å². The number of aromatic nitrogens is 2. The van der Waals surface area contributed by atoms with Crippen molar-refractivity contribution in [3.8, 4) is 0 Å². The second-order valence-corrected chi connectivity index (χ2v) is 5.10. The summed E-state index contributed by atoms with van der Waals surface area (Å²) < 4.78 is 2.18. The monoisotopic (exact) mass is 209 g/mol. The first-order valence-corrected chi connectivity index (χ1v) is 5.76. The van der Waals surface area contributed by atoms with E-state index < -0.39 is 0 Å². The van der Waals surface area contributed by atoms with E-state index in [0.29, 0.717) is 11.8 Å². The van der Waals surface area contributed by atoms with Crippen molar-refractivity contribution in [1.29, 1.82) is 0 Å². The zero-order valence-electron chi connectivity index (χ0n) is 10.3. The summed E-state index contributed by atoms with van der Waals surface area (Å²) in [5, 5.41) is 0. The molecule has 0 saturated heterocycles. The predicted octanol–water partition coefficient (Wildman–Crippen LogP) is 2.59. The summed E-state index contributed by atoms with van der Waals surface area (Å²) >= 11 is 0. The van der Waals surface area contributed by atoms with E-state index in [1.54, 1.807) is 0 Å². The third-order valence-corrected chi connectivity index (χ3v) is 2.41. The highest BCUT2D eigenvalue weighted by Gasteiger charge is 2.13. The van der Waals surface area contributed by atoms with Crippen molar-refractivity contribution in [3.63, 3.8) is 0 Å². The molecule has 2 N–H and O–H groups in total. The number of hydrogen-bond donors (Lipinski definition) is 1. The second kappa shape index (κ2) is 5.31. The van der Waals surface area contributed by atoms with Gasteiger partial charge in [0.25, 0.3) is 0 Å². The van der Waals surface area contributed by atoms with Crippen molar-refractivity contribution in [2.45, 2.75) is 46.7 Å². The van der Waals surface area contributed by atoms with Gasteiger partial charge in [-0.15, -0.1) is 0 Å². The molecule has 3 nitrogen and oxygen atoms in total. The van der Waals surface area contributed by atoms with Crippen molar-refractivity contribution >= 4 is 0 Å². The second-order valence-electron chi connectivity index (χ2n) is 5.10. The molecule has 0 aliphatic heterocycles. The maximum atomic E-state index is 6.16. The van der Waals surface area contributed by atoms with Gasteiger partial charge < -0.3 is 10.3 Å². The lowest BCUT2D eigenvalue weighted by atomic mass is 10.0. The standard InChI is InChI=1S/C12H23N3/c1-9(2)5-11(13)12-6-14-8-15(12)7-10(3)4/h6,8-11H,5,7,13H2,1-4H3. The van der Waals surface area contributed by atoms with Crippen LogP contribution in [0.2, 0.25) is 0 Å². The van der Waals surface area contributed by atoms with Gasteiger partial charge in [0, 0.05) is 18.8 Å². The molecule has 0 saturated carbocycles. The van der Waals surface area contributed by atoms with Gasteiger partial charge in [-0.1, -0.05) is 27.7 Å². The van der Waals surface area contributed by atoms with Crippen molar-refractivity contribution in [3.05, 3.63) is 18.2 Å². The average molecular weight is 209 g/mol. The molecule has 15 heavy (non-hydrogen) atoms. The SMILES string of the molecule is CC(C)CC(N)c1cncn1CC(C)C. The zero-order valence-corrected chi connectivity index (χ0v) is 10.3. The highest BCUT2D eigenvalue weighted by Crippen LogP contribution is 2.19. The quantitative estimate of drug-likeness (QED) is 0.810. The summed E-state index contributed by atoms with van der Waals surface area (Å²) in [6.07, 6.45) is 4.80. The van der Waals surface area contributed by atoms with Crippen LogP contribution in [0.4, 0.5) is 0 Å². The maximum Gasteiger partial charge on any atom is 0.0948 e. The molecule has 0 aliphatic rings. The van der Waals surface area contributed by atoms with Crippen LogP contribution in [0.5, 0.6) is 0 Å². The van der Waals surface area contributed by atoms with Gasteiger partial charge in [0.15, 0.2) is 0 Å². The Morgan fingerprint density at radius 1 is 1.27 bits per heavy atom. The average Bonchev–Trinajstić information content (AvgIpc) is 2.49. The lowest BCUT2D eigenvalue weighted by molar-refractivity contribution is 0.456. The Labute approximate surface area is 92.7 Å². The molecule has 1 heterocycles. The van der Waals surface area contributed by atoms with Gasteiger partial charge in [0.05, 0.1) is 12.0 Å². The molecule has 1 rings (SSSR count). The number of imidazole rings is 1. The van der Waals surface area contributed by atoms with Crippen LogP contribution in [0.3, 0.4) is 0 Å². The molecular weight excluding hydrogens is 186 g/mol. The van der Waals surface area contributed by atoms with Crippen molar-refractivity contribution < 1.29 is 0 Å². The lowest BCUT2D eigenvalue weighted by Crippen LogP contribution is -2.18. The Bertz CT molecular complexity index is 289. The van der Waals surface area contributed by atoms with Gasteiger partial charge in [-0.25, -0.2) is 4.98 Å². The van der Waals surface area contributed by atoms with Crippen molar-refractivity contribution in [2.75, 3.05) is 0 Å². The molecule has 0 bridgehead atoms. The van der Waals surface area contributed by atoms with Crippen LogP contribution in [-0.2, 0) is 6.54 Å². The van der Waals surface area contributed by atoms with E-state index in [0.717, 1.165) is 18.7 Å². The van der Waals surface area contributed by atoms with Crippen LogP contribution < -0.4 is 5.73 Å². The topological polar surface area (TPSA) is 43.8 Å². The maximum absolute atomic E-state index is 6.16. The lowest BCUT2D eigenvalue weighted by Gasteiger charge is -2.17. The molecule has 1 aromatic rings. The number of rotatable bonds is 5. The first-order chi connectivity index (χ1) is 7.00. The van der Waals surface area contributed by atoms with E-state index >= 15 is 0 Å².